The highest BCUT2D eigenvalue weighted by Crippen LogP contribution is 2.31. The highest BCUT2D eigenvalue weighted by molar-refractivity contribution is 7.09. The molecule has 2 heterocycles. The molecule has 0 radical (unpaired) electrons. The van der Waals surface area contributed by atoms with Gasteiger partial charge in [0.1, 0.15) is 10.8 Å². The molecule has 0 bridgehead atoms. The van der Waals surface area contributed by atoms with Crippen molar-refractivity contribution in [1.82, 2.24) is 9.88 Å². The number of nitrogens with zero attached hydrogens (tertiary/aromatic N) is 2. The van der Waals surface area contributed by atoms with E-state index in [-0.39, 0.29) is 18.4 Å². The molecule has 2 amide bonds. The first-order valence-electron chi connectivity index (χ1n) is 6.60. The maximum atomic E-state index is 11.6. The van der Waals surface area contributed by atoms with Crippen LogP contribution in [0.5, 0.6) is 5.75 Å². The maximum Gasteiger partial charge on any atom is 0.230 e. The van der Waals surface area contributed by atoms with Gasteiger partial charge in [-0.2, -0.15) is 0 Å². The Labute approximate surface area is 126 Å². The lowest BCUT2D eigenvalue weighted by atomic mass is 10.1. The normalized spacial score (nSPS) is 14.8. The fraction of sp³-hybridized carbons (Fsp3) is 0.267. The maximum absolute atomic E-state index is 11.6. The smallest absolute Gasteiger partial charge is 0.230 e. The third-order valence-corrected chi connectivity index (χ3v) is 4.22. The van der Waals surface area contributed by atoms with E-state index in [0.717, 1.165) is 22.0 Å². The molecular weight excluding hydrogens is 288 g/mol. The molecule has 0 aliphatic carbocycles. The highest BCUT2D eigenvalue weighted by atomic mass is 32.1. The van der Waals surface area contributed by atoms with Crippen molar-refractivity contribution in [2.75, 3.05) is 7.11 Å². The van der Waals surface area contributed by atoms with Crippen molar-refractivity contribution in [3.8, 4) is 17.0 Å². The number of para-hydroxylation sites is 1. The first kappa shape index (κ1) is 13.8. The van der Waals surface area contributed by atoms with Crippen LogP contribution < -0.4 is 4.74 Å². The largest absolute Gasteiger partial charge is 0.496 e. The molecule has 0 atom stereocenters. The standard InChI is InChI=1S/C15H14N2O3S/c1-20-12-5-3-2-4-10(12)11-9-21-13(16-11)8-17-14(18)6-7-15(17)19/h2-5,9H,6-8H2,1H3. The lowest BCUT2D eigenvalue weighted by Gasteiger charge is -2.11. The Morgan fingerprint density at radius 1 is 1.24 bits per heavy atom. The quantitative estimate of drug-likeness (QED) is 0.814. The number of imide groups is 1. The van der Waals surface area contributed by atoms with Crippen LogP contribution >= 0.6 is 11.3 Å². The molecule has 6 heteroatoms. The van der Waals surface area contributed by atoms with Crippen molar-refractivity contribution in [3.05, 3.63) is 34.7 Å². The number of thiazole rings is 1. The summed E-state index contributed by atoms with van der Waals surface area (Å²) in [6.07, 6.45) is 0.618. The third-order valence-electron chi connectivity index (χ3n) is 3.38. The van der Waals surface area contributed by atoms with Crippen LogP contribution in [0.25, 0.3) is 11.3 Å². The minimum atomic E-state index is -0.117. The molecule has 1 aromatic carbocycles. The summed E-state index contributed by atoms with van der Waals surface area (Å²) in [4.78, 5) is 29.1. The number of likely N-dealkylation sites (tertiary alicyclic amines) is 1. The van der Waals surface area contributed by atoms with Crippen molar-refractivity contribution < 1.29 is 14.3 Å². The Morgan fingerprint density at radius 3 is 2.67 bits per heavy atom. The molecule has 3 rings (SSSR count). The van der Waals surface area contributed by atoms with Gasteiger partial charge in [0.2, 0.25) is 11.8 Å². The summed E-state index contributed by atoms with van der Waals surface area (Å²) in [7, 11) is 1.62. The molecule has 2 aromatic rings. The van der Waals surface area contributed by atoms with E-state index in [1.165, 1.54) is 16.2 Å². The molecule has 1 aliphatic rings. The molecule has 21 heavy (non-hydrogen) atoms. The predicted octanol–water partition coefficient (Wildman–Crippen LogP) is 2.47. The van der Waals surface area contributed by atoms with Crippen LogP contribution in [-0.2, 0) is 16.1 Å². The first-order valence-corrected chi connectivity index (χ1v) is 7.48. The minimum absolute atomic E-state index is 0.117. The SMILES string of the molecule is COc1ccccc1-c1csc(CN2C(=O)CCC2=O)n1. The lowest BCUT2D eigenvalue weighted by molar-refractivity contribution is -0.139. The highest BCUT2D eigenvalue weighted by Gasteiger charge is 2.29. The molecule has 1 aromatic heterocycles. The Balaban J connectivity index is 1.83. The van der Waals surface area contributed by atoms with Gasteiger partial charge in [0.05, 0.1) is 19.3 Å². The van der Waals surface area contributed by atoms with Gasteiger partial charge in [0, 0.05) is 23.8 Å². The fourth-order valence-corrected chi connectivity index (χ4v) is 3.08. The number of rotatable bonds is 4. The van der Waals surface area contributed by atoms with Crippen molar-refractivity contribution in [2.45, 2.75) is 19.4 Å². The number of benzene rings is 1. The monoisotopic (exact) mass is 302 g/mol. The van der Waals surface area contributed by atoms with Crippen molar-refractivity contribution in [3.63, 3.8) is 0 Å². The molecule has 5 nitrogen and oxygen atoms in total. The van der Waals surface area contributed by atoms with Gasteiger partial charge in [-0.05, 0) is 12.1 Å². The second kappa shape index (κ2) is 5.65. The molecule has 0 N–H and O–H groups in total. The average Bonchev–Trinajstić information content (AvgIpc) is 3.09. The summed E-state index contributed by atoms with van der Waals surface area (Å²) in [5.41, 5.74) is 1.70. The van der Waals surface area contributed by atoms with Crippen molar-refractivity contribution >= 4 is 23.2 Å². The Bertz CT molecular complexity index is 680. The lowest BCUT2D eigenvalue weighted by Crippen LogP contribution is -2.28. The van der Waals surface area contributed by atoms with E-state index in [0.29, 0.717) is 12.8 Å². The van der Waals surface area contributed by atoms with Gasteiger partial charge in [0.15, 0.2) is 0 Å². The van der Waals surface area contributed by atoms with E-state index in [9.17, 15) is 9.59 Å². The zero-order valence-electron chi connectivity index (χ0n) is 11.5. The van der Waals surface area contributed by atoms with E-state index in [2.05, 4.69) is 4.98 Å². The first-order chi connectivity index (χ1) is 10.2. The van der Waals surface area contributed by atoms with Gasteiger partial charge < -0.3 is 4.74 Å². The number of aromatic nitrogens is 1. The van der Waals surface area contributed by atoms with Crippen LogP contribution in [0.2, 0.25) is 0 Å². The second-order valence-electron chi connectivity index (χ2n) is 4.70. The second-order valence-corrected chi connectivity index (χ2v) is 5.64. The molecule has 1 saturated heterocycles. The molecule has 108 valence electrons. The molecule has 0 spiro atoms. The topological polar surface area (TPSA) is 59.5 Å². The Hall–Kier alpha value is -2.21. The number of ether oxygens (including phenoxy) is 1. The predicted molar refractivity (Wildman–Crippen MR) is 78.9 cm³/mol. The zero-order chi connectivity index (χ0) is 14.8. The molecule has 1 aliphatic heterocycles. The van der Waals surface area contributed by atoms with Gasteiger partial charge in [-0.3, -0.25) is 14.5 Å². The van der Waals surface area contributed by atoms with Crippen LogP contribution in [0.1, 0.15) is 17.8 Å². The van der Waals surface area contributed by atoms with E-state index >= 15 is 0 Å². The van der Waals surface area contributed by atoms with Gasteiger partial charge >= 0.3 is 0 Å². The molecule has 0 saturated carbocycles. The van der Waals surface area contributed by atoms with Gasteiger partial charge in [-0.1, -0.05) is 12.1 Å². The van der Waals surface area contributed by atoms with Crippen LogP contribution in [0.4, 0.5) is 0 Å². The molecule has 1 fully saturated rings. The van der Waals surface area contributed by atoms with Crippen LogP contribution in [0.15, 0.2) is 29.6 Å². The number of carbonyl (C=O) groups excluding carboxylic acids is 2. The van der Waals surface area contributed by atoms with E-state index in [4.69, 9.17) is 4.74 Å². The number of amides is 2. The summed E-state index contributed by atoms with van der Waals surface area (Å²) in [6, 6.07) is 7.63. The van der Waals surface area contributed by atoms with Gasteiger partial charge in [-0.15, -0.1) is 11.3 Å². The van der Waals surface area contributed by atoms with Crippen LogP contribution in [0.3, 0.4) is 0 Å². The Kier molecular flexibility index (Phi) is 3.70. The summed E-state index contributed by atoms with van der Waals surface area (Å²) in [5.74, 6) is 0.519. The summed E-state index contributed by atoms with van der Waals surface area (Å²) < 4.78 is 5.32. The summed E-state index contributed by atoms with van der Waals surface area (Å²) in [5, 5.41) is 2.66. The number of hydrogen-bond acceptors (Lipinski definition) is 5. The van der Waals surface area contributed by atoms with Crippen molar-refractivity contribution in [1.29, 1.82) is 0 Å². The number of hydrogen-bond donors (Lipinski definition) is 0. The fourth-order valence-electron chi connectivity index (χ4n) is 2.30. The third kappa shape index (κ3) is 2.67. The van der Waals surface area contributed by atoms with Gasteiger partial charge in [0.25, 0.3) is 0 Å². The summed E-state index contributed by atoms with van der Waals surface area (Å²) in [6.45, 7) is 0.261. The van der Waals surface area contributed by atoms with Gasteiger partial charge in [-0.25, -0.2) is 4.98 Å². The van der Waals surface area contributed by atoms with E-state index in [1.54, 1.807) is 7.11 Å². The van der Waals surface area contributed by atoms with Crippen LogP contribution in [0, 0.1) is 0 Å². The number of methoxy groups -OCH3 is 1. The number of carbonyl (C=O) groups is 2. The zero-order valence-corrected chi connectivity index (χ0v) is 12.4. The molecule has 0 unspecified atom stereocenters. The minimum Gasteiger partial charge on any atom is -0.496 e. The summed E-state index contributed by atoms with van der Waals surface area (Å²) >= 11 is 1.44. The van der Waals surface area contributed by atoms with E-state index in [1.807, 2.05) is 29.6 Å². The van der Waals surface area contributed by atoms with Crippen LogP contribution in [-0.4, -0.2) is 28.8 Å². The van der Waals surface area contributed by atoms with E-state index < -0.39 is 0 Å². The van der Waals surface area contributed by atoms with Crippen molar-refractivity contribution in [2.24, 2.45) is 0 Å². The average molecular weight is 302 g/mol. The molecular formula is C15H14N2O3S. The Morgan fingerprint density at radius 2 is 1.95 bits per heavy atom.